The number of rotatable bonds is 15. The molecule has 1 N–H and O–H groups in total. The van der Waals surface area contributed by atoms with Gasteiger partial charge in [-0.2, -0.15) is 8.78 Å². The summed E-state index contributed by atoms with van der Waals surface area (Å²) in [6.07, 6.45) is 11.9. The summed E-state index contributed by atoms with van der Waals surface area (Å²) < 4.78 is 36.9. The zero-order chi connectivity index (χ0) is 30.2. The summed E-state index contributed by atoms with van der Waals surface area (Å²) in [4.78, 5) is 36.7. The third-order valence-electron chi connectivity index (χ3n) is 5.37. The van der Waals surface area contributed by atoms with Gasteiger partial charge in [-0.05, 0) is 63.7 Å². The van der Waals surface area contributed by atoms with Crippen molar-refractivity contribution in [2.24, 2.45) is 5.92 Å². The Morgan fingerprint density at radius 1 is 1.20 bits per heavy atom. The topological polar surface area (TPSA) is 117 Å². The van der Waals surface area contributed by atoms with Gasteiger partial charge in [-0.3, -0.25) is 9.59 Å². The van der Waals surface area contributed by atoms with Crippen molar-refractivity contribution < 1.29 is 37.8 Å². The molecule has 0 bridgehead atoms. The van der Waals surface area contributed by atoms with Crippen LogP contribution in [0.15, 0.2) is 54.6 Å². The van der Waals surface area contributed by atoms with Gasteiger partial charge in [-0.15, -0.1) is 10.1 Å². The van der Waals surface area contributed by atoms with Gasteiger partial charge in [0.15, 0.2) is 6.61 Å². The van der Waals surface area contributed by atoms with Gasteiger partial charge in [0.2, 0.25) is 5.91 Å². The monoisotopic (exact) mass is 570 g/mol. The van der Waals surface area contributed by atoms with Crippen LogP contribution in [0.3, 0.4) is 0 Å². The van der Waals surface area contributed by atoms with Crippen LogP contribution in [0.25, 0.3) is 0 Å². The number of hydrogen-bond acceptors (Lipinski definition) is 7. The number of carbonyl (C=O) groups is 2. The van der Waals surface area contributed by atoms with E-state index in [1.165, 1.54) is 6.92 Å². The molecule has 1 fully saturated rings. The number of esters is 1. The molecule has 1 aliphatic rings. The number of benzene rings is 1. The van der Waals surface area contributed by atoms with E-state index in [9.17, 15) is 28.5 Å². The second-order valence-electron chi connectivity index (χ2n) is 8.83. The first kappa shape index (κ1) is 36.5. The van der Waals surface area contributed by atoms with Crippen LogP contribution >= 0.6 is 0 Å². The van der Waals surface area contributed by atoms with Gasteiger partial charge in [0.1, 0.15) is 25.0 Å². The smallest absolute Gasteiger partial charge is 0.325 e. The van der Waals surface area contributed by atoms with Crippen molar-refractivity contribution >= 4 is 11.9 Å². The molecule has 1 atom stereocenters. The van der Waals surface area contributed by atoms with E-state index in [1.807, 2.05) is 39.0 Å². The molecule has 1 unspecified atom stereocenters. The quantitative estimate of drug-likeness (QED) is 0.0845. The highest BCUT2D eigenvalue weighted by Crippen LogP contribution is 2.27. The minimum atomic E-state index is -2.89. The van der Waals surface area contributed by atoms with Crippen molar-refractivity contribution in [3.63, 3.8) is 0 Å². The molecule has 0 radical (unpaired) electrons. The maximum Gasteiger partial charge on any atom is 0.325 e. The Balaban J connectivity index is 0.000000718. The lowest BCUT2D eigenvalue weighted by atomic mass is 10.1. The van der Waals surface area contributed by atoms with Gasteiger partial charge < -0.3 is 19.6 Å². The number of nitrogens with zero attached hydrogens (tertiary/aromatic N) is 1. The maximum atomic E-state index is 13.6. The average molecular weight is 571 g/mol. The number of alkyl halides is 2. The molecule has 1 aromatic rings. The number of unbranched alkanes of at least 4 members (excludes halogenated alkanes) is 1. The average Bonchev–Trinajstić information content (AvgIpc) is 3.47. The molecule has 0 saturated heterocycles. The van der Waals surface area contributed by atoms with Crippen molar-refractivity contribution in [1.82, 2.24) is 5.32 Å². The third-order valence-corrected chi connectivity index (χ3v) is 5.37. The Labute approximate surface area is 236 Å². The largest absolute Gasteiger partial charge is 0.487 e. The molecule has 0 aliphatic heterocycles. The molecule has 1 aliphatic carbocycles. The van der Waals surface area contributed by atoms with Gasteiger partial charge in [-0.25, -0.2) is 0 Å². The van der Waals surface area contributed by atoms with Crippen LogP contribution in [0.5, 0.6) is 5.75 Å². The van der Waals surface area contributed by atoms with E-state index in [4.69, 9.17) is 9.47 Å². The summed E-state index contributed by atoms with van der Waals surface area (Å²) in [5.41, 5.74) is 0. The highest BCUT2D eigenvalue weighted by atomic mass is 19.3. The summed E-state index contributed by atoms with van der Waals surface area (Å²) >= 11 is 0. The van der Waals surface area contributed by atoms with Gasteiger partial charge >= 0.3 is 5.97 Å². The Morgan fingerprint density at radius 2 is 1.85 bits per heavy atom. The van der Waals surface area contributed by atoms with E-state index in [-0.39, 0.29) is 19.1 Å². The number of nitrogens with one attached hydrogen (secondary N) is 1. The lowest BCUT2D eigenvalue weighted by molar-refractivity contribution is -0.767. The van der Waals surface area contributed by atoms with Crippen molar-refractivity contribution in [2.75, 3.05) is 19.8 Å². The molecule has 226 valence electrons. The van der Waals surface area contributed by atoms with Crippen LogP contribution in [0.1, 0.15) is 72.6 Å². The van der Waals surface area contributed by atoms with Crippen LogP contribution in [0.4, 0.5) is 8.78 Å². The highest BCUT2D eigenvalue weighted by Gasteiger charge is 2.27. The lowest BCUT2D eigenvalue weighted by Gasteiger charge is -2.14. The molecule has 1 saturated carbocycles. The number of para-hydroxylation sites is 1. The van der Waals surface area contributed by atoms with Crippen molar-refractivity contribution in [3.8, 4) is 5.75 Å². The van der Waals surface area contributed by atoms with Gasteiger partial charge in [0.05, 0.1) is 0 Å². The second kappa shape index (κ2) is 22.3. The molecular weight excluding hydrogens is 526 g/mol. The fourth-order valence-corrected chi connectivity index (χ4v) is 3.42. The van der Waals surface area contributed by atoms with E-state index in [2.05, 4.69) is 10.2 Å². The predicted molar refractivity (Wildman–Crippen MR) is 150 cm³/mol. The van der Waals surface area contributed by atoms with Gasteiger partial charge in [0, 0.05) is 6.42 Å². The highest BCUT2D eigenvalue weighted by molar-refractivity contribution is 5.81. The number of amides is 1. The zero-order valence-electron chi connectivity index (χ0n) is 24.0. The van der Waals surface area contributed by atoms with Crippen LogP contribution < -0.4 is 10.1 Å². The van der Waals surface area contributed by atoms with E-state index in [1.54, 1.807) is 30.3 Å². The summed E-state index contributed by atoms with van der Waals surface area (Å²) in [5, 5.41) is 11.5. The van der Waals surface area contributed by atoms with Crippen molar-refractivity contribution in [3.05, 3.63) is 64.8 Å². The Bertz CT molecular complexity index is 890. The number of ether oxygens (including phenoxy) is 2. The Kier molecular flexibility index (Phi) is 20.4. The van der Waals surface area contributed by atoms with Crippen LogP contribution in [-0.2, 0) is 19.2 Å². The number of carbonyl (C=O) groups excluding carboxylic acids is 2. The molecular formula is C29H44F2N2O7. The van der Waals surface area contributed by atoms with Crippen LogP contribution in [0, 0.1) is 16.0 Å². The van der Waals surface area contributed by atoms with Crippen LogP contribution in [-0.4, -0.2) is 48.7 Å². The van der Waals surface area contributed by atoms with Crippen molar-refractivity contribution in [1.29, 1.82) is 0 Å². The number of hydrogen-bond donors (Lipinski definition) is 1. The first-order valence-electron chi connectivity index (χ1n) is 13.7. The molecule has 9 nitrogen and oxygen atoms in total. The fraction of sp³-hybridized carbons (Fsp3) is 0.586. The minimum absolute atomic E-state index is 0.235. The van der Waals surface area contributed by atoms with E-state index >= 15 is 0 Å². The van der Waals surface area contributed by atoms with Crippen molar-refractivity contribution in [2.45, 2.75) is 84.7 Å². The van der Waals surface area contributed by atoms with Gasteiger partial charge in [-0.1, -0.05) is 63.1 Å². The third kappa shape index (κ3) is 20.5. The minimum Gasteiger partial charge on any atom is -0.487 e. The summed E-state index contributed by atoms with van der Waals surface area (Å²) in [5.74, 6) is -2.98. The maximum absolute atomic E-state index is 13.6. The first-order chi connectivity index (χ1) is 19.1. The zero-order valence-corrected chi connectivity index (χ0v) is 24.0. The van der Waals surface area contributed by atoms with E-state index in [0.29, 0.717) is 24.5 Å². The van der Waals surface area contributed by atoms with E-state index in [0.717, 1.165) is 38.2 Å². The van der Waals surface area contributed by atoms with E-state index < -0.39 is 29.7 Å². The molecule has 1 aromatic carbocycles. The molecule has 40 heavy (non-hydrogen) atoms. The number of halogens is 2. The lowest BCUT2D eigenvalue weighted by Crippen LogP contribution is -2.32. The van der Waals surface area contributed by atoms with Crippen LogP contribution in [0.2, 0.25) is 0 Å². The molecule has 2 rings (SSSR count). The molecule has 0 aromatic heterocycles. The van der Waals surface area contributed by atoms with Gasteiger partial charge in [0.25, 0.3) is 11.0 Å². The normalized spacial score (nSPS) is 13.9. The molecule has 1 amide bonds. The Hall–Kier alpha value is -3.50. The fourth-order valence-electron chi connectivity index (χ4n) is 3.42. The Morgan fingerprint density at radius 3 is 2.45 bits per heavy atom. The summed E-state index contributed by atoms with van der Waals surface area (Å²) in [6, 6.07) is 8.71. The summed E-state index contributed by atoms with van der Waals surface area (Å²) in [6.45, 7) is 6.21. The predicted octanol–water partition coefficient (Wildman–Crippen LogP) is 6.46. The number of allylic oxidation sites excluding steroid dienone is 3. The molecule has 0 spiro atoms. The first-order valence-corrected chi connectivity index (χ1v) is 13.7. The second-order valence-corrected chi connectivity index (χ2v) is 8.83. The molecule has 11 heteroatoms. The standard InChI is InChI=1S/C15H18F2O.C12H20N2O6.C2H6/c16-15(17,11-10-13-6-4-5-7-13)12-18-14-8-2-1-3-9-14;1-3-4-5-6-7-11(15)13-8-12(16)19-9-10(2)20-14(17)18;1-2/h1-3,8-11,13H,4-7,12H2;3-4,10H,5-9H2,1-2H3,(H,13,15);1-2H3/b11-10+;4-3-;. The SMILES string of the molecule is C/C=C\CCCC(=O)NCC(=O)OCC(C)O[N+](=O)[O-].CC.FC(F)(/C=C/C1CCCC1)COc1ccccc1. The summed E-state index contributed by atoms with van der Waals surface area (Å²) in [7, 11) is 0. The molecule has 0 heterocycles.